The molecule has 0 heterocycles. The fraction of sp³-hybridized carbons (Fsp3) is 0.909. The van der Waals surface area contributed by atoms with E-state index in [0.29, 0.717) is 5.41 Å². The summed E-state index contributed by atoms with van der Waals surface area (Å²) in [6.45, 7) is 4.85. The van der Waals surface area contributed by atoms with Crippen molar-refractivity contribution in [1.82, 2.24) is 0 Å². The van der Waals surface area contributed by atoms with Crippen LogP contribution in [0.25, 0.3) is 0 Å². The van der Waals surface area contributed by atoms with Gasteiger partial charge in [0.2, 0.25) is 0 Å². The van der Waals surface area contributed by atoms with Gasteiger partial charge in [-0.15, -0.1) is 0 Å². The fourth-order valence-corrected chi connectivity index (χ4v) is 7.60. The van der Waals surface area contributed by atoms with Crippen LogP contribution in [0.5, 0.6) is 0 Å². The lowest BCUT2D eigenvalue weighted by atomic mass is 9.50. The molecule has 0 aromatic carbocycles. The second-order valence-electron chi connectivity index (χ2n) is 9.31. The predicted molar refractivity (Wildman–Crippen MR) is 97.6 cm³/mol. The van der Waals surface area contributed by atoms with Gasteiger partial charge in [0.05, 0.1) is 0 Å². The van der Waals surface area contributed by atoms with Crippen molar-refractivity contribution in [2.75, 3.05) is 14.2 Å². The van der Waals surface area contributed by atoms with Crippen molar-refractivity contribution in [2.45, 2.75) is 77.4 Å². The summed E-state index contributed by atoms with van der Waals surface area (Å²) in [4.78, 5) is 0. The summed E-state index contributed by atoms with van der Waals surface area (Å²) >= 11 is 0. The molecule has 4 rings (SSSR count). The van der Waals surface area contributed by atoms with E-state index in [1.807, 2.05) is 14.2 Å². The Hall–Kier alpha value is -0.340. The monoisotopic (exact) mass is 332 g/mol. The van der Waals surface area contributed by atoms with E-state index in [0.717, 1.165) is 42.4 Å². The number of fused-ring (bicyclic) bond motifs is 5. The highest BCUT2D eigenvalue weighted by Gasteiger charge is 2.56. The number of hydrogen-bond donors (Lipinski definition) is 0. The molecule has 24 heavy (non-hydrogen) atoms. The molecule has 136 valence electrons. The van der Waals surface area contributed by atoms with Crippen LogP contribution in [-0.4, -0.2) is 20.0 Å². The Labute approximate surface area is 148 Å². The molecule has 0 aliphatic heterocycles. The number of rotatable bonds is 2. The van der Waals surface area contributed by atoms with Crippen molar-refractivity contribution in [3.8, 4) is 0 Å². The standard InChI is InChI=1S/C22H36O2/c1-5-16-7-9-20-19-8-6-15-14-22(23-3,24-4)13-11-17(15)18(19)10-12-21(16,20)2/h5,15,17-20H,6-14H2,1-4H3/b16-5+. The Morgan fingerprint density at radius 2 is 1.67 bits per heavy atom. The molecular formula is C22H36O2. The molecular weight excluding hydrogens is 296 g/mol. The molecule has 4 aliphatic carbocycles. The summed E-state index contributed by atoms with van der Waals surface area (Å²) in [6.07, 6.45) is 14.5. The third-order valence-corrected chi connectivity index (χ3v) is 8.89. The third kappa shape index (κ3) is 2.35. The van der Waals surface area contributed by atoms with E-state index in [4.69, 9.17) is 9.47 Å². The minimum atomic E-state index is -0.289. The van der Waals surface area contributed by atoms with Crippen molar-refractivity contribution in [1.29, 1.82) is 0 Å². The summed E-state index contributed by atoms with van der Waals surface area (Å²) in [5.74, 6) is 4.39. The molecule has 0 spiro atoms. The van der Waals surface area contributed by atoms with Crippen molar-refractivity contribution >= 4 is 0 Å². The highest BCUT2D eigenvalue weighted by molar-refractivity contribution is 5.23. The molecule has 6 unspecified atom stereocenters. The van der Waals surface area contributed by atoms with Gasteiger partial charge in [0.15, 0.2) is 5.79 Å². The minimum Gasteiger partial charge on any atom is -0.353 e. The lowest BCUT2D eigenvalue weighted by Gasteiger charge is -2.56. The fourth-order valence-electron chi connectivity index (χ4n) is 7.60. The van der Waals surface area contributed by atoms with Gasteiger partial charge in [-0.05, 0) is 86.9 Å². The highest BCUT2D eigenvalue weighted by atomic mass is 16.7. The minimum absolute atomic E-state index is 0.289. The van der Waals surface area contributed by atoms with Crippen LogP contribution in [0.1, 0.15) is 71.6 Å². The zero-order valence-electron chi connectivity index (χ0n) is 16.1. The smallest absolute Gasteiger partial charge is 0.167 e. The predicted octanol–water partition coefficient (Wildman–Crippen LogP) is 5.57. The molecule has 0 amide bonds. The Morgan fingerprint density at radius 3 is 2.38 bits per heavy atom. The van der Waals surface area contributed by atoms with Gasteiger partial charge >= 0.3 is 0 Å². The summed E-state index contributed by atoms with van der Waals surface area (Å²) in [5, 5.41) is 0. The number of hydrogen-bond acceptors (Lipinski definition) is 2. The van der Waals surface area contributed by atoms with Crippen LogP contribution in [-0.2, 0) is 9.47 Å². The second-order valence-corrected chi connectivity index (χ2v) is 9.31. The van der Waals surface area contributed by atoms with E-state index in [2.05, 4.69) is 19.9 Å². The van der Waals surface area contributed by atoms with E-state index in [-0.39, 0.29) is 5.79 Å². The van der Waals surface area contributed by atoms with Gasteiger partial charge in [-0.1, -0.05) is 18.6 Å². The lowest BCUT2D eigenvalue weighted by Crippen LogP contribution is -2.51. The SMILES string of the molecule is C/C=C1\CCC2C3CCC4CC(OC)(OC)CCC4C3CCC12C. The summed E-state index contributed by atoms with van der Waals surface area (Å²) in [6, 6.07) is 0. The zero-order valence-corrected chi connectivity index (χ0v) is 16.1. The number of methoxy groups -OCH3 is 2. The van der Waals surface area contributed by atoms with Crippen molar-refractivity contribution in [2.24, 2.45) is 35.0 Å². The molecule has 0 radical (unpaired) electrons. The number of ether oxygens (including phenoxy) is 2. The third-order valence-electron chi connectivity index (χ3n) is 8.89. The van der Waals surface area contributed by atoms with E-state index < -0.39 is 0 Å². The molecule has 4 saturated carbocycles. The Morgan fingerprint density at radius 1 is 0.917 bits per heavy atom. The van der Waals surface area contributed by atoms with Crippen LogP contribution in [0.4, 0.5) is 0 Å². The summed E-state index contributed by atoms with van der Waals surface area (Å²) in [7, 11) is 3.66. The molecule has 0 bridgehead atoms. The zero-order chi connectivity index (χ0) is 16.9. The topological polar surface area (TPSA) is 18.5 Å². The van der Waals surface area contributed by atoms with Gasteiger partial charge in [-0.2, -0.15) is 0 Å². The van der Waals surface area contributed by atoms with E-state index in [1.165, 1.54) is 44.9 Å². The second kappa shape index (κ2) is 6.13. The van der Waals surface area contributed by atoms with Crippen LogP contribution in [0.15, 0.2) is 11.6 Å². The van der Waals surface area contributed by atoms with E-state index >= 15 is 0 Å². The molecule has 2 heteroatoms. The molecule has 6 atom stereocenters. The molecule has 0 aromatic heterocycles. The maximum absolute atomic E-state index is 5.80. The van der Waals surface area contributed by atoms with Gasteiger partial charge in [0.1, 0.15) is 0 Å². The highest BCUT2D eigenvalue weighted by Crippen LogP contribution is 2.64. The van der Waals surface area contributed by atoms with Gasteiger partial charge < -0.3 is 9.47 Å². The summed E-state index contributed by atoms with van der Waals surface area (Å²) < 4.78 is 11.6. The Bertz CT molecular complexity index is 506. The van der Waals surface area contributed by atoms with Crippen molar-refractivity contribution in [3.63, 3.8) is 0 Å². The van der Waals surface area contributed by atoms with E-state index in [1.54, 1.807) is 5.57 Å². The van der Waals surface area contributed by atoms with Crippen LogP contribution < -0.4 is 0 Å². The van der Waals surface area contributed by atoms with Crippen LogP contribution in [0.3, 0.4) is 0 Å². The maximum atomic E-state index is 5.80. The van der Waals surface area contributed by atoms with Crippen LogP contribution in [0, 0.1) is 35.0 Å². The Kier molecular flexibility index (Phi) is 4.36. The quantitative estimate of drug-likeness (QED) is 0.486. The molecule has 2 nitrogen and oxygen atoms in total. The lowest BCUT2D eigenvalue weighted by molar-refractivity contribution is -0.246. The maximum Gasteiger partial charge on any atom is 0.167 e. The first-order chi connectivity index (χ1) is 11.6. The van der Waals surface area contributed by atoms with Crippen LogP contribution in [0.2, 0.25) is 0 Å². The van der Waals surface area contributed by atoms with Crippen molar-refractivity contribution in [3.05, 3.63) is 11.6 Å². The first kappa shape index (κ1) is 17.1. The van der Waals surface area contributed by atoms with Crippen LogP contribution >= 0.6 is 0 Å². The molecule has 0 N–H and O–H groups in total. The van der Waals surface area contributed by atoms with Gasteiger partial charge in [0.25, 0.3) is 0 Å². The first-order valence-electron chi connectivity index (χ1n) is 10.3. The average molecular weight is 333 g/mol. The van der Waals surface area contributed by atoms with Crippen molar-refractivity contribution < 1.29 is 9.47 Å². The molecule has 0 saturated heterocycles. The van der Waals surface area contributed by atoms with Gasteiger partial charge in [-0.3, -0.25) is 0 Å². The molecule has 4 aliphatic rings. The van der Waals surface area contributed by atoms with Gasteiger partial charge in [-0.25, -0.2) is 0 Å². The largest absolute Gasteiger partial charge is 0.353 e. The number of allylic oxidation sites excluding steroid dienone is 2. The van der Waals surface area contributed by atoms with Gasteiger partial charge in [0, 0.05) is 27.1 Å². The molecule has 0 aromatic rings. The molecule has 4 fully saturated rings. The van der Waals surface area contributed by atoms with E-state index in [9.17, 15) is 0 Å². The Balaban J connectivity index is 1.54. The average Bonchev–Trinajstić information content (AvgIpc) is 2.97. The summed E-state index contributed by atoms with van der Waals surface area (Å²) in [5.41, 5.74) is 2.30. The normalized spacial score (nSPS) is 48.7. The first-order valence-corrected chi connectivity index (χ1v) is 10.3.